The average Bonchev–Trinajstić information content (AvgIpc) is 2.75. The number of aromatic nitrogens is 2. The highest BCUT2D eigenvalue weighted by Gasteiger charge is 2.05. The molecule has 0 bridgehead atoms. The highest BCUT2D eigenvalue weighted by Crippen LogP contribution is 2.21. The molecule has 0 aliphatic heterocycles. The van der Waals surface area contributed by atoms with Crippen LogP contribution >= 0.6 is 0 Å². The van der Waals surface area contributed by atoms with Gasteiger partial charge >= 0.3 is 0 Å². The highest BCUT2D eigenvalue weighted by atomic mass is 15.1. The van der Waals surface area contributed by atoms with Crippen LogP contribution in [0, 0.1) is 6.92 Å². The Bertz CT molecular complexity index is 460. The van der Waals surface area contributed by atoms with Gasteiger partial charge in [0.25, 0.3) is 0 Å². The van der Waals surface area contributed by atoms with Crippen molar-refractivity contribution in [1.82, 2.24) is 10.2 Å². The number of benzene rings is 1. The van der Waals surface area contributed by atoms with E-state index >= 15 is 0 Å². The van der Waals surface area contributed by atoms with E-state index in [1.807, 2.05) is 12.1 Å². The topological polar surface area (TPSA) is 54.7 Å². The van der Waals surface area contributed by atoms with Gasteiger partial charge in [-0.25, -0.2) is 0 Å². The van der Waals surface area contributed by atoms with E-state index < -0.39 is 0 Å². The Hall–Kier alpha value is -1.61. The lowest BCUT2D eigenvalue weighted by Crippen LogP contribution is -2.00. The van der Waals surface area contributed by atoms with E-state index in [9.17, 15) is 0 Å². The molecule has 3 nitrogen and oxygen atoms in total. The van der Waals surface area contributed by atoms with Crippen LogP contribution in [0.5, 0.6) is 0 Å². The first-order chi connectivity index (χ1) is 7.81. The number of rotatable bonds is 4. The minimum absolute atomic E-state index is 0.721. The molecule has 16 heavy (non-hydrogen) atoms. The number of hydrogen-bond acceptors (Lipinski definition) is 2. The molecule has 84 valence electrons. The van der Waals surface area contributed by atoms with Gasteiger partial charge in [-0.3, -0.25) is 5.10 Å². The molecule has 2 aromatic rings. The van der Waals surface area contributed by atoms with Crippen molar-refractivity contribution < 1.29 is 0 Å². The normalized spacial score (nSPS) is 10.6. The zero-order valence-electron chi connectivity index (χ0n) is 9.53. The predicted molar refractivity (Wildman–Crippen MR) is 66.1 cm³/mol. The van der Waals surface area contributed by atoms with Gasteiger partial charge in [0, 0.05) is 11.3 Å². The third-order valence-corrected chi connectivity index (χ3v) is 2.70. The van der Waals surface area contributed by atoms with Gasteiger partial charge in [-0.1, -0.05) is 24.3 Å². The molecule has 3 N–H and O–H groups in total. The Labute approximate surface area is 95.7 Å². The number of aromatic amines is 1. The molecule has 0 fully saturated rings. The van der Waals surface area contributed by atoms with Crippen molar-refractivity contribution in [3.05, 3.63) is 41.6 Å². The van der Waals surface area contributed by atoms with E-state index in [0.29, 0.717) is 0 Å². The number of hydrogen-bond donors (Lipinski definition) is 2. The van der Waals surface area contributed by atoms with Crippen molar-refractivity contribution in [2.45, 2.75) is 19.8 Å². The standard InChI is InChI=1S/C13H17N3/c1-10-5-2-3-7-12(10)13-9-11(15-16-13)6-4-8-14/h2-3,5,7,9H,4,6,8,14H2,1H3,(H,15,16). The quantitative estimate of drug-likeness (QED) is 0.822. The van der Waals surface area contributed by atoms with Crippen molar-refractivity contribution in [3.8, 4) is 11.3 Å². The Morgan fingerprint density at radius 2 is 2.12 bits per heavy atom. The Balaban J connectivity index is 2.22. The first-order valence-corrected chi connectivity index (χ1v) is 5.61. The lowest BCUT2D eigenvalue weighted by molar-refractivity contribution is 0.804. The molecule has 0 saturated heterocycles. The third kappa shape index (κ3) is 2.31. The zero-order valence-corrected chi connectivity index (χ0v) is 9.53. The molecular formula is C13H17N3. The summed E-state index contributed by atoms with van der Waals surface area (Å²) in [6.07, 6.45) is 1.96. The maximum absolute atomic E-state index is 5.48. The zero-order chi connectivity index (χ0) is 11.4. The van der Waals surface area contributed by atoms with E-state index in [4.69, 9.17) is 5.73 Å². The van der Waals surface area contributed by atoms with Crippen LogP contribution in [-0.4, -0.2) is 16.7 Å². The molecule has 0 spiro atoms. The molecule has 0 unspecified atom stereocenters. The first-order valence-electron chi connectivity index (χ1n) is 5.61. The second-order valence-corrected chi connectivity index (χ2v) is 3.99. The van der Waals surface area contributed by atoms with Crippen LogP contribution < -0.4 is 5.73 Å². The lowest BCUT2D eigenvalue weighted by atomic mass is 10.1. The molecule has 2 rings (SSSR count). The molecule has 0 atom stereocenters. The van der Waals surface area contributed by atoms with E-state index in [1.165, 1.54) is 11.1 Å². The lowest BCUT2D eigenvalue weighted by Gasteiger charge is -1.99. The minimum atomic E-state index is 0.721. The van der Waals surface area contributed by atoms with Crippen molar-refractivity contribution in [1.29, 1.82) is 0 Å². The van der Waals surface area contributed by atoms with Gasteiger partial charge in [-0.05, 0) is 37.9 Å². The van der Waals surface area contributed by atoms with Crippen LogP contribution in [0.3, 0.4) is 0 Å². The molecule has 1 aromatic heterocycles. The van der Waals surface area contributed by atoms with Gasteiger partial charge in [0.2, 0.25) is 0 Å². The van der Waals surface area contributed by atoms with Gasteiger partial charge in [0.15, 0.2) is 0 Å². The molecule has 3 heteroatoms. The smallest absolute Gasteiger partial charge is 0.0926 e. The van der Waals surface area contributed by atoms with Crippen LogP contribution in [0.1, 0.15) is 17.7 Å². The molecule has 0 amide bonds. The van der Waals surface area contributed by atoms with Crippen molar-refractivity contribution in [3.63, 3.8) is 0 Å². The molecule has 0 radical (unpaired) electrons. The monoisotopic (exact) mass is 215 g/mol. The second kappa shape index (κ2) is 4.94. The summed E-state index contributed by atoms with van der Waals surface area (Å²) >= 11 is 0. The molecule has 0 aliphatic carbocycles. The third-order valence-electron chi connectivity index (χ3n) is 2.70. The number of nitrogens with one attached hydrogen (secondary N) is 1. The predicted octanol–water partition coefficient (Wildman–Crippen LogP) is 2.28. The van der Waals surface area contributed by atoms with Crippen LogP contribution in [-0.2, 0) is 6.42 Å². The number of aryl methyl sites for hydroxylation is 2. The molecule has 1 aromatic carbocycles. The largest absolute Gasteiger partial charge is 0.330 e. The Morgan fingerprint density at radius 1 is 1.31 bits per heavy atom. The summed E-state index contributed by atoms with van der Waals surface area (Å²) in [5.74, 6) is 0. The Kier molecular flexibility index (Phi) is 3.37. The summed E-state index contributed by atoms with van der Waals surface area (Å²) in [6.45, 7) is 2.82. The van der Waals surface area contributed by atoms with Crippen molar-refractivity contribution >= 4 is 0 Å². The SMILES string of the molecule is Cc1ccccc1-c1cc(CCCN)[nH]n1. The summed E-state index contributed by atoms with van der Waals surface area (Å²) in [7, 11) is 0. The van der Waals surface area contributed by atoms with Crippen LogP contribution in [0.4, 0.5) is 0 Å². The van der Waals surface area contributed by atoms with Crippen molar-refractivity contribution in [2.24, 2.45) is 5.73 Å². The van der Waals surface area contributed by atoms with Gasteiger partial charge in [-0.15, -0.1) is 0 Å². The average molecular weight is 215 g/mol. The van der Waals surface area contributed by atoms with Crippen LogP contribution in [0.2, 0.25) is 0 Å². The fourth-order valence-electron chi connectivity index (χ4n) is 1.78. The first kappa shape index (κ1) is 10.9. The molecule has 0 saturated carbocycles. The summed E-state index contributed by atoms with van der Waals surface area (Å²) in [4.78, 5) is 0. The van der Waals surface area contributed by atoms with Gasteiger partial charge < -0.3 is 5.73 Å². The maximum Gasteiger partial charge on any atom is 0.0926 e. The van der Waals surface area contributed by atoms with E-state index in [1.54, 1.807) is 0 Å². The summed E-state index contributed by atoms with van der Waals surface area (Å²) < 4.78 is 0. The fraction of sp³-hybridized carbons (Fsp3) is 0.308. The fourth-order valence-corrected chi connectivity index (χ4v) is 1.78. The van der Waals surface area contributed by atoms with Crippen molar-refractivity contribution in [2.75, 3.05) is 6.54 Å². The molecule has 0 aliphatic rings. The second-order valence-electron chi connectivity index (χ2n) is 3.99. The summed E-state index contributed by atoms with van der Waals surface area (Å²) in [5.41, 5.74) is 10.1. The summed E-state index contributed by atoms with van der Waals surface area (Å²) in [6, 6.07) is 10.4. The van der Waals surface area contributed by atoms with Gasteiger partial charge in [0.1, 0.15) is 0 Å². The van der Waals surface area contributed by atoms with E-state index in [0.717, 1.165) is 30.8 Å². The molecular weight excluding hydrogens is 198 g/mol. The maximum atomic E-state index is 5.48. The van der Waals surface area contributed by atoms with E-state index in [-0.39, 0.29) is 0 Å². The number of nitrogens with zero attached hydrogens (tertiary/aromatic N) is 1. The van der Waals surface area contributed by atoms with Crippen LogP contribution in [0.15, 0.2) is 30.3 Å². The van der Waals surface area contributed by atoms with Gasteiger partial charge in [-0.2, -0.15) is 5.10 Å². The number of nitrogens with two attached hydrogens (primary N) is 1. The van der Waals surface area contributed by atoms with Crippen LogP contribution in [0.25, 0.3) is 11.3 Å². The van der Waals surface area contributed by atoms with E-state index in [2.05, 4.69) is 35.3 Å². The summed E-state index contributed by atoms with van der Waals surface area (Å²) in [5, 5.41) is 7.40. The minimum Gasteiger partial charge on any atom is -0.330 e. The van der Waals surface area contributed by atoms with Gasteiger partial charge in [0.05, 0.1) is 5.69 Å². The molecule has 1 heterocycles. The number of H-pyrrole nitrogens is 1. The Morgan fingerprint density at radius 3 is 2.88 bits per heavy atom. The highest BCUT2D eigenvalue weighted by molar-refractivity contribution is 5.63.